The molecule has 0 radical (unpaired) electrons. The summed E-state index contributed by atoms with van der Waals surface area (Å²) in [7, 11) is 0. The lowest BCUT2D eigenvalue weighted by molar-refractivity contribution is -0.136. The summed E-state index contributed by atoms with van der Waals surface area (Å²) >= 11 is 0. The fourth-order valence-electron chi connectivity index (χ4n) is 2.51. The van der Waals surface area contributed by atoms with E-state index in [0.29, 0.717) is 6.42 Å². The molecule has 2 rings (SSSR count). The number of hydrogen-bond acceptors (Lipinski definition) is 2. The minimum Gasteiger partial charge on any atom is -0.333 e. The maximum Gasteiger partial charge on any atom is 0.222 e. The topological polar surface area (TPSA) is 32.3 Å². The average Bonchev–Trinajstić information content (AvgIpc) is 2.38. The summed E-state index contributed by atoms with van der Waals surface area (Å²) in [5, 5.41) is 3.52. The Morgan fingerprint density at radius 1 is 1.39 bits per heavy atom. The number of carbonyl (C=O) groups is 1. The molecule has 1 aromatic rings. The third kappa shape index (κ3) is 2.72. The van der Waals surface area contributed by atoms with Gasteiger partial charge in [-0.25, -0.2) is 0 Å². The molecular weight excluding hydrogens is 224 g/mol. The minimum absolute atomic E-state index is 0.00386. The van der Waals surface area contributed by atoms with Crippen LogP contribution in [0.5, 0.6) is 0 Å². The molecule has 1 aliphatic rings. The monoisotopic (exact) mass is 246 g/mol. The molecule has 3 heteroatoms. The molecule has 0 aromatic heterocycles. The lowest BCUT2D eigenvalue weighted by Crippen LogP contribution is -2.59. The van der Waals surface area contributed by atoms with Gasteiger partial charge in [0.2, 0.25) is 5.91 Å². The van der Waals surface area contributed by atoms with Gasteiger partial charge in [-0.15, -0.1) is 0 Å². The maximum atomic E-state index is 12.1. The van der Waals surface area contributed by atoms with E-state index in [9.17, 15) is 4.79 Å². The highest BCUT2D eigenvalue weighted by molar-refractivity contribution is 5.76. The number of piperazine rings is 1. The first kappa shape index (κ1) is 13.1. The molecule has 1 N–H and O–H groups in total. The summed E-state index contributed by atoms with van der Waals surface area (Å²) in [6, 6.07) is 10.4. The highest BCUT2D eigenvalue weighted by Gasteiger charge is 2.35. The Morgan fingerprint density at radius 3 is 2.67 bits per heavy atom. The third-order valence-corrected chi connectivity index (χ3v) is 3.52. The Balaban J connectivity index is 2.25. The van der Waals surface area contributed by atoms with Crippen LogP contribution in [0.3, 0.4) is 0 Å². The molecule has 1 heterocycles. The second-order valence-electron chi connectivity index (χ2n) is 5.57. The fourth-order valence-corrected chi connectivity index (χ4v) is 2.51. The van der Waals surface area contributed by atoms with Crippen LogP contribution in [0.4, 0.5) is 0 Å². The SMILES string of the molecule is CCC(=O)N1CC(C)(C)NCC1c1ccccc1. The molecule has 0 bridgehead atoms. The van der Waals surface area contributed by atoms with Crippen molar-refractivity contribution in [1.29, 1.82) is 0 Å². The molecule has 98 valence electrons. The van der Waals surface area contributed by atoms with Crippen LogP contribution in [0.2, 0.25) is 0 Å². The smallest absolute Gasteiger partial charge is 0.222 e. The number of rotatable bonds is 2. The van der Waals surface area contributed by atoms with E-state index >= 15 is 0 Å². The van der Waals surface area contributed by atoms with Gasteiger partial charge in [0.15, 0.2) is 0 Å². The lowest BCUT2D eigenvalue weighted by Gasteiger charge is -2.44. The van der Waals surface area contributed by atoms with Crippen molar-refractivity contribution < 1.29 is 4.79 Å². The number of carbonyl (C=O) groups excluding carboxylic acids is 1. The first-order valence-corrected chi connectivity index (χ1v) is 6.63. The van der Waals surface area contributed by atoms with E-state index in [1.807, 2.05) is 30.0 Å². The van der Waals surface area contributed by atoms with Crippen molar-refractivity contribution in [2.45, 2.75) is 38.8 Å². The Hall–Kier alpha value is -1.35. The van der Waals surface area contributed by atoms with Crippen molar-refractivity contribution in [2.75, 3.05) is 13.1 Å². The van der Waals surface area contributed by atoms with E-state index in [1.165, 1.54) is 5.56 Å². The van der Waals surface area contributed by atoms with Gasteiger partial charge in [-0.05, 0) is 19.4 Å². The molecule has 1 saturated heterocycles. The molecule has 18 heavy (non-hydrogen) atoms. The summed E-state index contributed by atoms with van der Waals surface area (Å²) in [4.78, 5) is 14.2. The predicted octanol–water partition coefficient (Wildman–Crippen LogP) is 2.35. The van der Waals surface area contributed by atoms with Crippen LogP contribution in [-0.2, 0) is 4.79 Å². The van der Waals surface area contributed by atoms with Crippen LogP contribution in [-0.4, -0.2) is 29.4 Å². The number of nitrogens with one attached hydrogen (secondary N) is 1. The van der Waals surface area contributed by atoms with Crippen molar-refractivity contribution in [3.63, 3.8) is 0 Å². The van der Waals surface area contributed by atoms with Gasteiger partial charge in [-0.2, -0.15) is 0 Å². The van der Waals surface area contributed by atoms with Crippen molar-refractivity contribution in [3.8, 4) is 0 Å². The first-order valence-electron chi connectivity index (χ1n) is 6.63. The molecule has 1 atom stereocenters. The van der Waals surface area contributed by atoms with E-state index < -0.39 is 0 Å². The van der Waals surface area contributed by atoms with Crippen LogP contribution >= 0.6 is 0 Å². The zero-order valence-electron chi connectivity index (χ0n) is 11.4. The summed E-state index contributed by atoms with van der Waals surface area (Å²) in [5.41, 5.74) is 1.21. The number of amides is 1. The lowest BCUT2D eigenvalue weighted by atomic mass is 9.94. The Morgan fingerprint density at radius 2 is 2.06 bits per heavy atom. The van der Waals surface area contributed by atoms with Crippen LogP contribution < -0.4 is 5.32 Å². The van der Waals surface area contributed by atoms with Gasteiger partial charge in [0, 0.05) is 25.0 Å². The van der Waals surface area contributed by atoms with E-state index in [0.717, 1.165) is 13.1 Å². The second kappa shape index (κ2) is 5.11. The standard InChI is InChI=1S/C15H22N2O/c1-4-14(18)17-11-15(2,3)16-10-13(17)12-8-6-5-7-9-12/h5-9,13,16H,4,10-11H2,1-3H3. The summed E-state index contributed by atoms with van der Waals surface area (Å²) in [6.45, 7) is 7.80. The van der Waals surface area contributed by atoms with E-state index in [1.54, 1.807) is 0 Å². The highest BCUT2D eigenvalue weighted by Crippen LogP contribution is 2.27. The van der Waals surface area contributed by atoms with Gasteiger partial charge < -0.3 is 10.2 Å². The van der Waals surface area contributed by atoms with Gasteiger partial charge in [-0.3, -0.25) is 4.79 Å². The van der Waals surface area contributed by atoms with Crippen LogP contribution in [0.25, 0.3) is 0 Å². The quantitative estimate of drug-likeness (QED) is 0.868. The molecule has 1 amide bonds. The normalized spacial score (nSPS) is 22.8. The minimum atomic E-state index is -0.00386. The Labute approximate surface area is 109 Å². The highest BCUT2D eigenvalue weighted by atomic mass is 16.2. The molecule has 0 spiro atoms. The summed E-state index contributed by atoms with van der Waals surface area (Å²) in [6.07, 6.45) is 0.569. The zero-order chi connectivity index (χ0) is 13.2. The Kier molecular flexibility index (Phi) is 3.71. The van der Waals surface area contributed by atoms with Gasteiger partial charge in [0.25, 0.3) is 0 Å². The van der Waals surface area contributed by atoms with E-state index in [2.05, 4.69) is 31.3 Å². The van der Waals surface area contributed by atoms with E-state index in [-0.39, 0.29) is 17.5 Å². The number of hydrogen-bond donors (Lipinski definition) is 1. The average molecular weight is 246 g/mol. The number of nitrogens with zero attached hydrogens (tertiary/aromatic N) is 1. The molecule has 1 aromatic carbocycles. The van der Waals surface area contributed by atoms with Crippen molar-refractivity contribution >= 4 is 5.91 Å². The van der Waals surface area contributed by atoms with Crippen LogP contribution in [0.1, 0.15) is 38.8 Å². The predicted molar refractivity (Wildman–Crippen MR) is 73.3 cm³/mol. The van der Waals surface area contributed by atoms with Crippen molar-refractivity contribution in [1.82, 2.24) is 10.2 Å². The molecule has 1 fully saturated rings. The number of benzene rings is 1. The molecule has 1 unspecified atom stereocenters. The van der Waals surface area contributed by atoms with Crippen molar-refractivity contribution in [3.05, 3.63) is 35.9 Å². The van der Waals surface area contributed by atoms with Gasteiger partial charge in [0.1, 0.15) is 0 Å². The van der Waals surface area contributed by atoms with Gasteiger partial charge in [0.05, 0.1) is 6.04 Å². The van der Waals surface area contributed by atoms with E-state index in [4.69, 9.17) is 0 Å². The fraction of sp³-hybridized carbons (Fsp3) is 0.533. The van der Waals surface area contributed by atoms with Gasteiger partial charge >= 0.3 is 0 Å². The molecule has 0 saturated carbocycles. The zero-order valence-corrected chi connectivity index (χ0v) is 11.4. The largest absolute Gasteiger partial charge is 0.333 e. The van der Waals surface area contributed by atoms with Crippen molar-refractivity contribution in [2.24, 2.45) is 0 Å². The summed E-state index contributed by atoms with van der Waals surface area (Å²) in [5.74, 6) is 0.235. The second-order valence-corrected chi connectivity index (χ2v) is 5.57. The van der Waals surface area contributed by atoms with Crippen LogP contribution in [0.15, 0.2) is 30.3 Å². The van der Waals surface area contributed by atoms with Crippen LogP contribution in [0, 0.1) is 0 Å². The molecule has 0 aliphatic carbocycles. The molecule has 1 aliphatic heterocycles. The maximum absolute atomic E-state index is 12.1. The van der Waals surface area contributed by atoms with Gasteiger partial charge in [-0.1, -0.05) is 37.3 Å². The Bertz CT molecular complexity index is 414. The first-order chi connectivity index (χ1) is 8.53. The summed E-state index contributed by atoms with van der Waals surface area (Å²) < 4.78 is 0. The third-order valence-electron chi connectivity index (χ3n) is 3.52. The molecule has 3 nitrogen and oxygen atoms in total. The molecular formula is C15H22N2O.